The van der Waals surface area contributed by atoms with E-state index in [-0.39, 0.29) is 5.91 Å². The molecule has 2 aromatic heterocycles. The zero-order valence-electron chi connectivity index (χ0n) is 17.4. The molecule has 3 heterocycles. The summed E-state index contributed by atoms with van der Waals surface area (Å²) in [4.78, 5) is 24.3. The zero-order chi connectivity index (χ0) is 21.0. The number of nitrogens with zero attached hydrogens (tertiary/aromatic N) is 3. The van der Waals surface area contributed by atoms with Gasteiger partial charge < -0.3 is 4.90 Å². The largest absolute Gasteiger partial charge is 0.342 e. The van der Waals surface area contributed by atoms with E-state index >= 15 is 0 Å². The lowest BCUT2D eigenvalue weighted by atomic mass is 9.97. The molecule has 1 amide bonds. The van der Waals surface area contributed by atoms with E-state index in [9.17, 15) is 4.79 Å². The highest BCUT2D eigenvalue weighted by molar-refractivity contribution is 7.18. The van der Waals surface area contributed by atoms with Crippen LogP contribution in [0.2, 0.25) is 0 Å². The Hall–Kier alpha value is -2.57. The first-order valence-electron chi connectivity index (χ1n) is 10.8. The van der Waals surface area contributed by atoms with Crippen molar-refractivity contribution in [1.82, 2.24) is 14.9 Å². The number of aryl methyl sites for hydroxylation is 2. The van der Waals surface area contributed by atoms with Crippen LogP contribution in [0.4, 0.5) is 0 Å². The van der Waals surface area contributed by atoms with E-state index in [1.165, 1.54) is 16.3 Å². The fourth-order valence-corrected chi connectivity index (χ4v) is 6.14. The van der Waals surface area contributed by atoms with E-state index in [1.807, 2.05) is 23.1 Å². The van der Waals surface area contributed by atoms with Gasteiger partial charge in [-0.15, -0.1) is 22.7 Å². The SMILES string of the molecule is O=C(Cc1nc2ccccc2s1)N1CCC(c2nc(CCc3ccccc3)cs2)CC1. The predicted octanol–water partition coefficient (Wildman–Crippen LogP) is 5.49. The molecule has 0 bridgehead atoms. The number of piperidine rings is 1. The number of amides is 1. The van der Waals surface area contributed by atoms with Gasteiger partial charge in [-0.2, -0.15) is 0 Å². The highest BCUT2D eigenvalue weighted by atomic mass is 32.1. The molecule has 4 aromatic rings. The second-order valence-corrected chi connectivity index (χ2v) is 10.1. The molecule has 5 rings (SSSR count). The Labute approximate surface area is 190 Å². The Bertz CT molecular complexity index is 1130. The molecule has 31 heavy (non-hydrogen) atoms. The third-order valence-electron chi connectivity index (χ3n) is 5.92. The average Bonchev–Trinajstić information content (AvgIpc) is 3.45. The molecule has 0 aliphatic carbocycles. The summed E-state index contributed by atoms with van der Waals surface area (Å²) in [7, 11) is 0. The molecule has 0 unspecified atom stereocenters. The second kappa shape index (κ2) is 9.28. The van der Waals surface area contributed by atoms with Gasteiger partial charge in [-0.25, -0.2) is 9.97 Å². The van der Waals surface area contributed by atoms with Crippen molar-refractivity contribution in [1.29, 1.82) is 0 Å². The van der Waals surface area contributed by atoms with Crippen molar-refractivity contribution in [3.8, 4) is 0 Å². The van der Waals surface area contributed by atoms with E-state index in [1.54, 1.807) is 22.7 Å². The van der Waals surface area contributed by atoms with E-state index in [2.05, 4.69) is 46.8 Å². The summed E-state index contributed by atoms with van der Waals surface area (Å²) < 4.78 is 1.15. The maximum absolute atomic E-state index is 12.8. The Balaban J connectivity index is 1.13. The standard InChI is InChI=1S/C25H25N3OS2/c29-24(16-23-27-21-8-4-5-9-22(21)31-23)28-14-12-19(13-15-28)25-26-20(17-30-25)11-10-18-6-2-1-3-7-18/h1-9,17,19H,10-16H2. The van der Waals surface area contributed by atoms with Crippen molar-refractivity contribution in [2.24, 2.45) is 0 Å². The lowest BCUT2D eigenvalue weighted by Crippen LogP contribution is -2.38. The van der Waals surface area contributed by atoms with Crippen molar-refractivity contribution in [3.05, 3.63) is 81.2 Å². The predicted molar refractivity (Wildman–Crippen MR) is 128 cm³/mol. The molecular weight excluding hydrogens is 422 g/mol. The van der Waals surface area contributed by atoms with Crippen molar-refractivity contribution in [2.75, 3.05) is 13.1 Å². The van der Waals surface area contributed by atoms with Crippen molar-refractivity contribution < 1.29 is 4.79 Å². The number of benzene rings is 2. The van der Waals surface area contributed by atoms with Crippen LogP contribution in [0.3, 0.4) is 0 Å². The molecule has 158 valence electrons. The summed E-state index contributed by atoms with van der Waals surface area (Å²) in [6.07, 6.45) is 4.42. The quantitative estimate of drug-likeness (QED) is 0.393. The minimum absolute atomic E-state index is 0.195. The smallest absolute Gasteiger partial charge is 0.229 e. The molecule has 2 aromatic carbocycles. The van der Waals surface area contributed by atoms with Crippen LogP contribution in [0.25, 0.3) is 10.2 Å². The first kappa shape index (κ1) is 20.3. The number of hydrogen-bond donors (Lipinski definition) is 0. The lowest BCUT2D eigenvalue weighted by molar-refractivity contribution is -0.131. The summed E-state index contributed by atoms with van der Waals surface area (Å²) >= 11 is 3.41. The van der Waals surface area contributed by atoms with E-state index in [0.29, 0.717) is 12.3 Å². The first-order chi connectivity index (χ1) is 15.2. The molecule has 4 nitrogen and oxygen atoms in total. The van der Waals surface area contributed by atoms with Crippen LogP contribution >= 0.6 is 22.7 Å². The fraction of sp³-hybridized carbons (Fsp3) is 0.320. The molecule has 1 saturated heterocycles. The van der Waals surface area contributed by atoms with Crippen LogP contribution in [0.5, 0.6) is 0 Å². The van der Waals surface area contributed by atoms with E-state index in [0.717, 1.165) is 54.0 Å². The molecule has 0 atom stereocenters. The van der Waals surface area contributed by atoms with E-state index in [4.69, 9.17) is 4.98 Å². The highest BCUT2D eigenvalue weighted by Crippen LogP contribution is 2.31. The number of carbonyl (C=O) groups excluding carboxylic acids is 1. The molecule has 0 N–H and O–H groups in total. The summed E-state index contributed by atoms with van der Waals surface area (Å²) in [5.41, 5.74) is 3.54. The van der Waals surface area contributed by atoms with Gasteiger partial charge in [-0.3, -0.25) is 4.79 Å². The molecular formula is C25H25N3OS2. The molecule has 1 fully saturated rings. The summed E-state index contributed by atoms with van der Waals surface area (Å²) in [5, 5.41) is 4.36. The Kier molecular flexibility index (Phi) is 6.09. The van der Waals surface area contributed by atoms with Crippen LogP contribution in [0.1, 0.15) is 40.0 Å². The van der Waals surface area contributed by atoms with Gasteiger partial charge in [0.2, 0.25) is 5.91 Å². The first-order valence-corrected chi connectivity index (χ1v) is 12.5. The number of carbonyl (C=O) groups is 1. The monoisotopic (exact) mass is 447 g/mol. The Morgan fingerprint density at radius 2 is 1.74 bits per heavy atom. The third kappa shape index (κ3) is 4.86. The van der Waals surface area contributed by atoms with Crippen LogP contribution in [-0.4, -0.2) is 33.9 Å². The molecule has 0 radical (unpaired) electrons. The van der Waals surface area contributed by atoms with Gasteiger partial charge in [0.1, 0.15) is 5.01 Å². The average molecular weight is 448 g/mol. The minimum atomic E-state index is 0.195. The highest BCUT2D eigenvalue weighted by Gasteiger charge is 2.26. The number of aromatic nitrogens is 2. The molecule has 1 aliphatic rings. The number of para-hydroxylation sites is 1. The molecule has 6 heteroatoms. The number of likely N-dealkylation sites (tertiary alicyclic amines) is 1. The summed E-state index contributed by atoms with van der Waals surface area (Å²) in [5.74, 6) is 0.669. The maximum Gasteiger partial charge on any atom is 0.229 e. The lowest BCUT2D eigenvalue weighted by Gasteiger charge is -2.31. The Morgan fingerprint density at radius 1 is 0.968 bits per heavy atom. The van der Waals surface area contributed by atoms with E-state index < -0.39 is 0 Å². The number of fused-ring (bicyclic) bond motifs is 1. The molecule has 0 saturated carbocycles. The summed E-state index contributed by atoms with van der Waals surface area (Å²) in [6.45, 7) is 1.63. The van der Waals surface area contributed by atoms with Gasteiger partial charge >= 0.3 is 0 Å². The molecule has 0 spiro atoms. The number of rotatable bonds is 6. The van der Waals surface area contributed by atoms with Crippen molar-refractivity contribution in [3.63, 3.8) is 0 Å². The van der Waals surface area contributed by atoms with Gasteiger partial charge in [0.15, 0.2) is 0 Å². The number of thiazole rings is 2. The third-order valence-corrected chi connectivity index (χ3v) is 8.01. The van der Waals surface area contributed by atoms with Crippen LogP contribution in [-0.2, 0) is 24.1 Å². The second-order valence-electron chi connectivity index (χ2n) is 8.07. The van der Waals surface area contributed by atoms with Crippen molar-refractivity contribution >= 4 is 38.8 Å². The van der Waals surface area contributed by atoms with Gasteiger partial charge in [-0.1, -0.05) is 42.5 Å². The van der Waals surface area contributed by atoms with Gasteiger partial charge in [0.25, 0.3) is 0 Å². The number of hydrogen-bond acceptors (Lipinski definition) is 5. The topological polar surface area (TPSA) is 46.1 Å². The van der Waals surface area contributed by atoms with Crippen LogP contribution < -0.4 is 0 Å². The minimum Gasteiger partial charge on any atom is -0.342 e. The summed E-state index contributed by atoms with van der Waals surface area (Å²) in [6, 6.07) is 18.7. The fourth-order valence-electron chi connectivity index (χ4n) is 4.15. The van der Waals surface area contributed by atoms with Gasteiger partial charge in [0, 0.05) is 24.4 Å². The maximum atomic E-state index is 12.8. The van der Waals surface area contributed by atoms with Crippen molar-refractivity contribution in [2.45, 2.75) is 38.0 Å². The van der Waals surface area contributed by atoms with Crippen LogP contribution in [0, 0.1) is 0 Å². The van der Waals surface area contributed by atoms with Gasteiger partial charge in [-0.05, 0) is 43.4 Å². The normalized spacial score (nSPS) is 14.9. The molecule has 1 aliphatic heterocycles. The Morgan fingerprint density at radius 3 is 2.55 bits per heavy atom. The zero-order valence-corrected chi connectivity index (χ0v) is 19.0. The van der Waals surface area contributed by atoms with Crippen LogP contribution in [0.15, 0.2) is 60.0 Å². The van der Waals surface area contributed by atoms with Gasteiger partial charge in [0.05, 0.1) is 27.3 Å².